The molecule has 7 heteroatoms. The first-order valence-electron chi connectivity index (χ1n) is 6.27. The highest BCUT2D eigenvalue weighted by molar-refractivity contribution is 7.89. The molecule has 0 heterocycles. The maximum absolute atomic E-state index is 11.4. The molecule has 0 fully saturated rings. The Hall–Kier alpha value is -0.210. The molecule has 0 amide bonds. The summed E-state index contributed by atoms with van der Waals surface area (Å²) in [5, 5.41) is 8.56. The first-order valence-corrected chi connectivity index (χ1v) is 7.92. The molecule has 18 heavy (non-hydrogen) atoms. The molecule has 0 atom stereocenters. The average molecular weight is 283 g/mol. The molecule has 0 bridgehead atoms. The van der Waals surface area contributed by atoms with Crippen LogP contribution >= 0.6 is 0 Å². The summed E-state index contributed by atoms with van der Waals surface area (Å²) in [5.74, 6) is 0.0812. The number of rotatable bonds is 13. The number of hydrogen-bond acceptors (Lipinski definition) is 5. The van der Waals surface area contributed by atoms with Crippen molar-refractivity contribution >= 4 is 10.0 Å². The van der Waals surface area contributed by atoms with Crippen LogP contribution in [0.2, 0.25) is 0 Å². The summed E-state index contributed by atoms with van der Waals surface area (Å²) in [4.78, 5) is 0. The van der Waals surface area contributed by atoms with E-state index < -0.39 is 10.0 Å². The number of unbranched alkanes of at least 4 members (excludes halogenated alkanes) is 2. The van der Waals surface area contributed by atoms with Crippen molar-refractivity contribution in [1.82, 2.24) is 4.72 Å². The van der Waals surface area contributed by atoms with E-state index in [1.54, 1.807) is 7.11 Å². The van der Waals surface area contributed by atoms with E-state index in [2.05, 4.69) is 4.72 Å². The van der Waals surface area contributed by atoms with Crippen LogP contribution in [-0.4, -0.2) is 59.4 Å². The van der Waals surface area contributed by atoms with Gasteiger partial charge in [0.1, 0.15) is 0 Å². The lowest BCUT2D eigenvalue weighted by Gasteiger charge is -2.06. The number of ether oxygens (including phenoxy) is 2. The molecule has 0 aliphatic carbocycles. The smallest absolute Gasteiger partial charge is 0.211 e. The van der Waals surface area contributed by atoms with Crippen LogP contribution in [0.1, 0.15) is 25.7 Å². The van der Waals surface area contributed by atoms with Gasteiger partial charge in [0.05, 0.1) is 19.0 Å². The van der Waals surface area contributed by atoms with E-state index in [0.29, 0.717) is 39.2 Å². The minimum absolute atomic E-state index is 0.0360. The molecule has 0 aromatic rings. The normalized spacial score (nSPS) is 11.9. The predicted octanol–water partition coefficient (Wildman–Crippen LogP) is 0.122. The summed E-state index contributed by atoms with van der Waals surface area (Å²) in [6, 6.07) is 0. The minimum atomic E-state index is -3.18. The summed E-state index contributed by atoms with van der Waals surface area (Å²) in [6.45, 7) is 2.25. The Morgan fingerprint density at radius 3 is 2.50 bits per heavy atom. The maximum Gasteiger partial charge on any atom is 0.211 e. The first kappa shape index (κ1) is 17.8. The van der Waals surface area contributed by atoms with Gasteiger partial charge in [-0.15, -0.1) is 0 Å². The highest BCUT2D eigenvalue weighted by atomic mass is 32.2. The SMILES string of the molecule is COCCOCCCCNS(=O)(=O)CCCCO. The molecule has 0 saturated carbocycles. The summed E-state index contributed by atoms with van der Waals surface area (Å²) in [6.07, 6.45) is 2.59. The van der Waals surface area contributed by atoms with Crippen LogP contribution in [-0.2, 0) is 19.5 Å². The maximum atomic E-state index is 11.4. The Morgan fingerprint density at radius 2 is 1.83 bits per heavy atom. The number of hydrogen-bond donors (Lipinski definition) is 2. The fraction of sp³-hybridized carbons (Fsp3) is 1.00. The second kappa shape index (κ2) is 11.9. The molecule has 0 spiro atoms. The van der Waals surface area contributed by atoms with Crippen LogP contribution in [0.4, 0.5) is 0 Å². The van der Waals surface area contributed by atoms with Gasteiger partial charge in [0.15, 0.2) is 0 Å². The molecule has 0 aromatic carbocycles. The molecular formula is C11H25NO5S. The van der Waals surface area contributed by atoms with Crippen molar-refractivity contribution < 1.29 is 23.0 Å². The monoisotopic (exact) mass is 283 g/mol. The zero-order valence-electron chi connectivity index (χ0n) is 11.1. The van der Waals surface area contributed by atoms with E-state index in [1.165, 1.54) is 0 Å². The number of nitrogens with one attached hydrogen (secondary N) is 1. The van der Waals surface area contributed by atoms with Crippen molar-refractivity contribution in [1.29, 1.82) is 0 Å². The highest BCUT2D eigenvalue weighted by Gasteiger charge is 2.08. The Kier molecular flexibility index (Phi) is 11.7. The minimum Gasteiger partial charge on any atom is -0.396 e. The van der Waals surface area contributed by atoms with Crippen molar-refractivity contribution in [3.8, 4) is 0 Å². The Balaban J connectivity index is 3.36. The van der Waals surface area contributed by atoms with Gasteiger partial charge in [-0.05, 0) is 25.7 Å². The van der Waals surface area contributed by atoms with Crippen molar-refractivity contribution in [2.45, 2.75) is 25.7 Å². The van der Waals surface area contributed by atoms with Crippen molar-refractivity contribution in [2.75, 3.05) is 45.8 Å². The quantitative estimate of drug-likeness (QED) is 0.469. The van der Waals surface area contributed by atoms with Crippen molar-refractivity contribution in [3.05, 3.63) is 0 Å². The van der Waals surface area contributed by atoms with Gasteiger partial charge in [-0.25, -0.2) is 13.1 Å². The van der Waals surface area contributed by atoms with Crippen LogP contribution in [0.5, 0.6) is 0 Å². The molecule has 110 valence electrons. The second-order valence-corrected chi connectivity index (χ2v) is 5.88. The van der Waals surface area contributed by atoms with Crippen molar-refractivity contribution in [3.63, 3.8) is 0 Å². The number of methoxy groups -OCH3 is 1. The van der Waals surface area contributed by atoms with Crippen LogP contribution in [0, 0.1) is 0 Å². The number of sulfonamides is 1. The Bertz CT molecular complexity index is 269. The van der Waals surface area contributed by atoms with Gasteiger partial charge >= 0.3 is 0 Å². The van der Waals surface area contributed by atoms with E-state index in [0.717, 1.165) is 12.8 Å². The molecular weight excluding hydrogens is 258 g/mol. The molecule has 0 rings (SSSR count). The average Bonchev–Trinajstić information content (AvgIpc) is 2.33. The molecule has 0 aliphatic rings. The molecule has 0 unspecified atom stereocenters. The van der Waals surface area contributed by atoms with Gasteiger partial charge in [-0.1, -0.05) is 0 Å². The number of aliphatic hydroxyl groups excluding tert-OH is 1. The fourth-order valence-corrected chi connectivity index (χ4v) is 2.46. The van der Waals surface area contributed by atoms with E-state index in [9.17, 15) is 8.42 Å². The lowest BCUT2D eigenvalue weighted by molar-refractivity contribution is 0.0689. The summed E-state index contributed by atoms with van der Waals surface area (Å²) in [5.41, 5.74) is 0. The topological polar surface area (TPSA) is 84.9 Å². The molecule has 0 aromatic heterocycles. The van der Waals surface area contributed by atoms with Crippen molar-refractivity contribution in [2.24, 2.45) is 0 Å². The third kappa shape index (κ3) is 12.3. The summed E-state index contributed by atoms with van der Waals surface area (Å²) in [7, 11) is -1.56. The Morgan fingerprint density at radius 1 is 1.06 bits per heavy atom. The third-order valence-electron chi connectivity index (χ3n) is 2.29. The summed E-state index contributed by atoms with van der Waals surface area (Å²) >= 11 is 0. The van der Waals surface area contributed by atoms with Gasteiger partial charge in [-0.2, -0.15) is 0 Å². The lowest BCUT2D eigenvalue weighted by Crippen LogP contribution is -2.27. The van der Waals surface area contributed by atoms with E-state index >= 15 is 0 Å². The molecule has 6 nitrogen and oxygen atoms in total. The van der Waals surface area contributed by atoms with Gasteiger partial charge in [0.25, 0.3) is 0 Å². The molecule has 0 saturated heterocycles. The zero-order valence-corrected chi connectivity index (χ0v) is 11.9. The first-order chi connectivity index (χ1) is 8.62. The van der Waals surface area contributed by atoms with Gasteiger partial charge in [-0.3, -0.25) is 0 Å². The standard InChI is InChI=1S/C11H25NO5S/c1-16-9-10-17-8-4-2-6-12-18(14,15)11-5-3-7-13/h12-13H,2-11H2,1H3. The highest BCUT2D eigenvalue weighted by Crippen LogP contribution is 1.95. The molecule has 0 radical (unpaired) electrons. The van der Waals surface area contributed by atoms with E-state index in [4.69, 9.17) is 14.6 Å². The van der Waals surface area contributed by atoms with E-state index in [1.807, 2.05) is 0 Å². The van der Waals surface area contributed by atoms with Gasteiger partial charge in [0, 0.05) is 26.9 Å². The van der Waals surface area contributed by atoms with E-state index in [-0.39, 0.29) is 12.4 Å². The van der Waals surface area contributed by atoms with Crippen LogP contribution in [0.15, 0.2) is 0 Å². The zero-order chi connectivity index (χ0) is 13.7. The van der Waals surface area contributed by atoms with Crippen LogP contribution in [0.3, 0.4) is 0 Å². The summed E-state index contributed by atoms with van der Waals surface area (Å²) < 4.78 is 35.5. The predicted molar refractivity (Wildman–Crippen MR) is 70.0 cm³/mol. The largest absolute Gasteiger partial charge is 0.396 e. The lowest BCUT2D eigenvalue weighted by atomic mass is 10.3. The molecule has 0 aliphatic heterocycles. The number of aliphatic hydroxyl groups is 1. The van der Waals surface area contributed by atoms with Gasteiger partial charge < -0.3 is 14.6 Å². The van der Waals surface area contributed by atoms with Gasteiger partial charge in [0.2, 0.25) is 10.0 Å². The van der Waals surface area contributed by atoms with Crippen LogP contribution < -0.4 is 4.72 Å². The fourth-order valence-electron chi connectivity index (χ4n) is 1.28. The second-order valence-electron chi connectivity index (χ2n) is 3.96. The molecule has 2 N–H and O–H groups in total. The Labute approximate surface area is 110 Å². The third-order valence-corrected chi connectivity index (χ3v) is 3.76. The van der Waals surface area contributed by atoms with Crippen LogP contribution in [0.25, 0.3) is 0 Å².